The number of para-hydroxylation sites is 4. The maximum absolute atomic E-state index is 6.11. The molecule has 2 aliphatic heterocycles. The smallest absolute Gasteiger partial charge is 0.0326 e. The zero-order chi connectivity index (χ0) is 31.0. The van der Waals surface area contributed by atoms with Crippen molar-refractivity contribution in [3.63, 3.8) is 0 Å². The normalized spacial score (nSPS) is 13.0. The summed E-state index contributed by atoms with van der Waals surface area (Å²) in [5.74, 6) is 1.74. The third kappa shape index (κ3) is 6.51. The molecule has 2 aromatic carbocycles. The van der Waals surface area contributed by atoms with E-state index in [1.807, 2.05) is 61.5 Å². The third-order valence-corrected chi connectivity index (χ3v) is 7.43. The minimum absolute atomic E-state index is 0. The molecule has 0 radical (unpaired) electrons. The summed E-state index contributed by atoms with van der Waals surface area (Å²) in [5.41, 5.74) is 6.64. The molecule has 8 rings (SSSR count). The first kappa shape index (κ1) is 33.1. The molecule has 10 nitrogen and oxygen atoms in total. The molecule has 48 heavy (non-hydrogen) atoms. The molecule has 0 bridgehead atoms. The number of hydrogen-bond acceptors (Lipinski definition) is 10. The summed E-state index contributed by atoms with van der Waals surface area (Å²) in [6.45, 7) is 3.98. The van der Waals surface area contributed by atoms with Gasteiger partial charge in [0, 0.05) is 87.9 Å². The van der Waals surface area contributed by atoms with Crippen molar-refractivity contribution < 1.29 is 51.6 Å². The molecule has 12 heteroatoms. The Labute approximate surface area is 307 Å². The Hall–Kier alpha value is -4.78. The van der Waals surface area contributed by atoms with Gasteiger partial charge in [-0.15, -0.1) is 35.7 Å². The Kier molecular flexibility index (Phi) is 9.76. The third-order valence-electron chi connectivity index (χ3n) is 7.43. The van der Waals surface area contributed by atoms with Crippen LogP contribution < -0.4 is 29.1 Å². The van der Waals surface area contributed by atoms with E-state index in [1.165, 1.54) is 0 Å². The van der Waals surface area contributed by atoms with E-state index in [0.29, 0.717) is 34.4 Å². The molecule has 0 spiro atoms. The second kappa shape index (κ2) is 14.1. The number of ether oxygens (including phenoxy) is 2. The Morgan fingerprint density at radius 2 is 0.938 bits per heavy atom. The van der Waals surface area contributed by atoms with Crippen LogP contribution in [0.3, 0.4) is 0 Å². The maximum atomic E-state index is 6.11. The van der Waals surface area contributed by atoms with E-state index in [-0.39, 0.29) is 42.1 Å². The Morgan fingerprint density at radius 1 is 0.521 bits per heavy atom. The van der Waals surface area contributed by atoms with E-state index in [1.54, 1.807) is 49.3 Å². The van der Waals surface area contributed by atoms with Crippen LogP contribution in [0.15, 0.2) is 97.8 Å². The van der Waals surface area contributed by atoms with Crippen molar-refractivity contribution in [1.29, 1.82) is 0 Å². The summed E-state index contributed by atoms with van der Waals surface area (Å²) in [6, 6.07) is 32.7. The quantitative estimate of drug-likeness (QED) is 0.154. The van der Waals surface area contributed by atoms with Gasteiger partial charge in [-0.25, -0.2) is 0 Å². The monoisotopic (exact) mass is 990 g/mol. The number of rotatable bonds is 7. The van der Waals surface area contributed by atoms with Gasteiger partial charge < -0.3 is 49.0 Å². The minimum Gasteiger partial charge on any atom is -0.509 e. The molecule has 0 saturated carbocycles. The van der Waals surface area contributed by atoms with Gasteiger partial charge >= 0.3 is 0 Å². The van der Waals surface area contributed by atoms with Crippen molar-refractivity contribution in [2.75, 3.05) is 33.7 Å². The zero-order valence-electron chi connectivity index (χ0n) is 25.4. The molecule has 0 amide bonds. The summed E-state index contributed by atoms with van der Waals surface area (Å²) >= 11 is 0. The van der Waals surface area contributed by atoms with Gasteiger partial charge in [0.25, 0.3) is 0 Å². The fourth-order valence-corrected chi connectivity index (χ4v) is 5.33. The Morgan fingerprint density at radius 3 is 1.38 bits per heavy atom. The summed E-state index contributed by atoms with van der Waals surface area (Å²) in [4.78, 5) is 25.8. The first-order valence-electron chi connectivity index (χ1n) is 14.4. The molecule has 0 saturated heterocycles. The topological polar surface area (TPSA) is 83.0 Å². The number of fused-ring (bicyclic) bond motifs is 2. The van der Waals surface area contributed by atoms with Crippen LogP contribution in [0.5, 0.6) is 23.0 Å². The minimum atomic E-state index is 0. The van der Waals surface area contributed by atoms with Gasteiger partial charge in [-0.1, -0.05) is 48.0 Å². The predicted octanol–water partition coefficient (Wildman–Crippen LogP) is 7.13. The van der Waals surface area contributed by atoms with Crippen LogP contribution in [-0.4, -0.2) is 34.0 Å². The van der Waals surface area contributed by atoms with E-state index >= 15 is 0 Å². The van der Waals surface area contributed by atoms with Gasteiger partial charge in [-0.3, -0.25) is 0 Å². The molecule has 0 unspecified atom stereocenters. The Bertz CT molecular complexity index is 1920. The average molecular weight is 991 g/mol. The molecule has 246 valence electrons. The summed E-state index contributed by atoms with van der Waals surface area (Å²) in [5, 5.41) is 0. The molecule has 4 aromatic heterocycles. The van der Waals surface area contributed by atoms with Gasteiger partial charge in [-0.2, -0.15) is 25.5 Å². The van der Waals surface area contributed by atoms with Crippen molar-refractivity contribution in [2.45, 2.75) is 0 Å². The van der Waals surface area contributed by atoms with Crippen molar-refractivity contribution in [3.8, 4) is 34.4 Å². The van der Waals surface area contributed by atoms with E-state index in [4.69, 9.17) is 9.47 Å². The fraction of sp³-hybridized carbons (Fsp3) is 0.0556. The van der Waals surface area contributed by atoms with Crippen molar-refractivity contribution >= 4 is 34.1 Å². The number of benzene rings is 2. The van der Waals surface area contributed by atoms with Crippen LogP contribution in [0, 0.1) is 37.6 Å². The molecule has 6 heterocycles. The second-order valence-electron chi connectivity index (χ2n) is 10.5. The maximum Gasteiger partial charge on any atom is 0.0326 e. The molecular formula is C36H24N8O2Pt2-6. The number of aromatic nitrogens is 4. The van der Waals surface area contributed by atoms with Crippen molar-refractivity contribution in [1.82, 2.24) is 19.9 Å². The predicted molar refractivity (Wildman–Crippen MR) is 174 cm³/mol. The summed E-state index contributed by atoms with van der Waals surface area (Å²) in [7, 11) is 4.01. The van der Waals surface area contributed by atoms with E-state index < -0.39 is 0 Å². The molecule has 6 aromatic rings. The first-order valence-corrected chi connectivity index (χ1v) is 14.4. The largest absolute Gasteiger partial charge is 0.509 e. The van der Waals surface area contributed by atoms with E-state index in [0.717, 1.165) is 34.1 Å². The molecule has 2 aliphatic rings. The Balaban J connectivity index is 0.00000201. The van der Waals surface area contributed by atoms with Gasteiger partial charge in [0.15, 0.2) is 0 Å². The van der Waals surface area contributed by atoms with Crippen LogP contribution in [0.2, 0.25) is 0 Å². The molecule has 0 N–H and O–H groups in total. The summed E-state index contributed by atoms with van der Waals surface area (Å²) in [6.07, 6.45) is 9.96. The van der Waals surface area contributed by atoms with Crippen LogP contribution >= 0.6 is 0 Å². The first-order chi connectivity index (χ1) is 22.6. The SMILES string of the molecule is CN1[CH-]N(c2[c-]c(Oc3[c-]c(-c4[c-]c(Oc5[c-]c(N6[CH-]N(C)c7ccccc76)cnc5)ccn4)ncc3)cnc2)c2ccccc21.[Pt].[Pt]. The van der Waals surface area contributed by atoms with E-state index in [9.17, 15) is 0 Å². The fourth-order valence-electron chi connectivity index (χ4n) is 5.33. The van der Waals surface area contributed by atoms with Crippen LogP contribution in [0.1, 0.15) is 0 Å². The standard InChI is InChI=1S/C36H24N8O2.2Pt/c1-41-23-43(35-9-5-3-7-33(35)41)25-15-29(21-37-19-25)45-27-11-13-39-31(17-27)32-18-28(12-14-40-32)46-30-16-26(20-38-22-30)44-24-42(2)34-8-4-6-10-36(34)44;;/h3-14,19-24H,1-2H3;;/q-6;;. The number of nitrogens with zero attached hydrogens (tertiary/aromatic N) is 8. The van der Waals surface area contributed by atoms with Crippen molar-refractivity contribution in [2.24, 2.45) is 0 Å². The number of hydrogen-bond donors (Lipinski definition) is 0. The van der Waals surface area contributed by atoms with Gasteiger partial charge in [-0.05, 0) is 63.1 Å². The van der Waals surface area contributed by atoms with Crippen LogP contribution in [0.25, 0.3) is 11.4 Å². The van der Waals surface area contributed by atoms with Gasteiger partial charge in [0.05, 0.1) is 0 Å². The average Bonchev–Trinajstić information content (AvgIpc) is 3.62. The van der Waals surface area contributed by atoms with E-state index in [2.05, 4.69) is 78.3 Å². The summed E-state index contributed by atoms with van der Waals surface area (Å²) < 4.78 is 12.2. The second-order valence-corrected chi connectivity index (χ2v) is 10.5. The van der Waals surface area contributed by atoms with Crippen molar-refractivity contribution in [3.05, 3.63) is 135 Å². The zero-order valence-corrected chi connectivity index (χ0v) is 30.0. The molecule has 0 aliphatic carbocycles. The van der Waals surface area contributed by atoms with Crippen LogP contribution in [0.4, 0.5) is 34.1 Å². The van der Waals surface area contributed by atoms with Crippen LogP contribution in [-0.2, 0) is 42.1 Å². The number of anilines is 6. The van der Waals surface area contributed by atoms with Gasteiger partial charge in [0.2, 0.25) is 0 Å². The number of pyridine rings is 4. The molecule has 0 fully saturated rings. The van der Waals surface area contributed by atoms with Gasteiger partial charge in [0.1, 0.15) is 0 Å². The molecule has 0 atom stereocenters. The molecular weight excluding hydrogens is 967 g/mol.